The Morgan fingerprint density at radius 3 is 2.30 bits per heavy atom. The number of aromatic hydroxyl groups is 3. The lowest BCUT2D eigenvalue weighted by Gasteiger charge is -2.16. The highest BCUT2D eigenvalue weighted by molar-refractivity contribution is 5.40. The van der Waals surface area contributed by atoms with Gasteiger partial charge in [0.2, 0.25) is 0 Å². The smallest absolute Gasteiger partial charge is 0.120 e. The fourth-order valence-corrected chi connectivity index (χ4v) is 2.09. The molecule has 0 aliphatic rings. The van der Waals surface area contributed by atoms with Crippen LogP contribution in [0.2, 0.25) is 0 Å². The second-order valence-electron chi connectivity index (χ2n) is 4.84. The fraction of sp³-hybridized carbons (Fsp3) is 0.250. The van der Waals surface area contributed by atoms with Crippen LogP contribution in [-0.4, -0.2) is 21.9 Å². The van der Waals surface area contributed by atoms with Crippen molar-refractivity contribution in [1.82, 2.24) is 5.32 Å². The van der Waals surface area contributed by atoms with Crippen LogP contribution in [0.15, 0.2) is 42.5 Å². The van der Waals surface area contributed by atoms with Gasteiger partial charge in [-0.2, -0.15) is 0 Å². The topological polar surface area (TPSA) is 72.7 Å². The van der Waals surface area contributed by atoms with Gasteiger partial charge in [-0.3, -0.25) is 0 Å². The Bertz CT molecular complexity index is 566. The van der Waals surface area contributed by atoms with Crippen LogP contribution in [-0.2, 0) is 6.42 Å². The highest BCUT2D eigenvalue weighted by Gasteiger charge is 2.10. The molecule has 0 bridgehead atoms. The predicted octanol–water partition coefficient (Wildman–Crippen LogP) is 2.70. The second kappa shape index (κ2) is 6.30. The molecular formula is C16H19NO3. The standard InChI is InChI=1S/C16H19NO3/c1-11(15-10-14(19)6-7-16(15)20)17-9-8-12-2-4-13(18)5-3-12/h2-7,10-11,17-20H,8-9H2,1H3. The summed E-state index contributed by atoms with van der Waals surface area (Å²) in [6.07, 6.45) is 0.824. The van der Waals surface area contributed by atoms with Crippen molar-refractivity contribution in [3.63, 3.8) is 0 Å². The van der Waals surface area contributed by atoms with Crippen LogP contribution >= 0.6 is 0 Å². The molecule has 2 aromatic rings. The van der Waals surface area contributed by atoms with E-state index >= 15 is 0 Å². The van der Waals surface area contributed by atoms with E-state index in [-0.39, 0.29) is 23.3 Å². The molecule has 0 aromatic heterocycles. The van der Waals surface area contributed by atoms with Gasteiger partial charge in [-0.05, 0) is 55.8 Å². The number of phenols is 3. The number of hydrogen-bond acceptors (Lipinski definition) is 4. The van der Waals surface area contributed by atoms with E-state index in [0.717, 1.165) is 18.5 Å². The van der Waals surface area contributed by atoms with Gasteiger partial charge in [-0.15, -0.1) is 0 Å². The van der Waals surface area contributed by atoms with Crippen molar-refractivity contribution in [1.29, 1.82) is 0 Å². The SMILES string of the molecule is CC(NCCc1ccc(O)cc1)c1cc(O)ccc1O. The Labute approximate surface area is 118 Å². The summed E-state index contributed by atoms with van der Waals surface area (Å²) in [7, 11) is 0. The van der Waals surface area contributed by atoms with Crippen LogP contribution in [0.1, 0.15) is 24.1 Å². The van der Waals surface area contributed by atoms with Gasteiger partial charge in [0.15, 0.2) is 0 Å². The first kappa shape index (κ1) is 14.2. The molecule has 0 aliphatic carbocycles. The van der Waals surface area contributed by atoms with Gasteiger partial charge >= 0.3 is 0 Å². The Balaban J connectivity index is 1.90. The Kier molecular flexibility index (Phi) is 4.48. The number of benzene rings is 2. The molecule has 0 spiro atoms. The van der Waals surface area contributed by atoms with E-state index in [1.54, 1.807) is 18.2 Å². The van der Waals surface area contributed by atoms with E-state index < -0.39 is 0 Å². The maximum atomic E-state index is 9.77. The molecule has 0 amide bonds. The molecule has 20 heavy (non-hydrogen) atoms. The monoisotopic (exact) mass is 273 g/mol. The van der Waals surface area contributed by atoms with Crippen LogP contribution in [0.3, 0.4) is 0 Å². The summed E-state index contributed by atoms with van der Waals surface area (Å²) in [5.74, 6) is 0.581. The van der Waals surface area contributed by atoms with Crippen LogP contribution in [0.5, 0.6) is 17.2 Å². The van der Waals surface area contributed by atoms with Gasteiger partial charge in [0, 0.05) is 11.6 Å². The number of phenolic OH excluding ortho intramolecular Hbond substituents is 3. The third kappa shape index (κ3) is 3.65. The first-order valence-corrected chi connectivity index (χ1v) is 6.59. The summed E-state index contributed by atoms with van der Waals surface area (Å²) in [5.41, 5.74) is 1.80. The van der Waals surface area contributed by atoms with E-state index in [0.29, 0.717) is 5.56 Å². The summed E-state index contributed by atoms with van der Waals surface area (Å²) in [5, 5.41) is 31.7. The van der Waals surface area contributed by atoms with Gasteiger partial charge in [0.25, 0.3) is 0 Å². The number of rotatable bonds is 5. The predicted molar refractivity (Wildman–Crippen MR) is 78.0 cm³/mol. The lowest BCUT2D eigenvalue weighted by atomic mass is 10.1. The normalized spacial score (nSPS) is 12.2. The third-order valence-corrected chi connectivity index (χ3v) is 3.28. The third-order valence-electron chi connectivity index (χ3n) is 3.28. The van der Waals surface area contributed by atoms with Gasteiger partial charge in [-0.1, -0.05) is 12.1 Å². The minimum atomic E-state index is -0.0563. The zero-order valence-electron chi connectivity index (χ0n) is 11.4. The van der Waals surface area contributed by atoms with Crippen LogP contribution in [0.25, 0.3) is 0 Å². The zero-order chi connectivity index (χ0) is 14.5. The minimum absolute atomic E-state index is 0.0563. The van der Waals surface area contributed by atoms with E-state index in [9.17, 15) is 15.3 Å². The summed E-state index contributed by atoms with van der Waals surface area (Å²) in [6.45, 7) is 2.67. The molecule has 4 heteroatoms. The summed E-state index contributed by atoms with van der Waals surface area (Å²) >= 11 is 0. The minimum Gasteiger partial charge on any atom is -0.508 e. The molecule has 1 atom stereocenters. The zero-order valence-corrected chi connectivity index (χ0v) is 11.4. The Morgan fingerprint density at radius 2 is 1.60 bits per heavy atom. The van der Waals surface area contributed by atoms with Gasteiger partial charge in [0.05, 0.1) is 0 Å². The molecule has 0 saturated heterocycles. The Hall–Kier alpha value is -2.20. The highest BCUT2D eigenvalue weighted by Crippen LogP contribution is 2.27. The van der Waals surface area contributed by atoms with Gasteiger partial charge < -0.3 is 20.6 Å². The molecule has 0 radical (unpaired) electrons. The van der Waals surface area contributed by atoms with Crippen molar-refractivity contribution in [2.24, 2.45) is 0 Å². The fourth-order valence-electron chi connectivity index (χ4n) is 2.09. The number of nitrogens with one attached hydrogen (secondary N) is 1. The largest absolute Gasteiger partial charge is 0.508 e. The molecule has 0 aliphatic heterocycles. The molecule has 2 rings (SSSR count). The van der Waals surface area contributed by atoms with E-state index in [1.807, 2.05) is 19.1 Å². The molecule has 0 fully saturated rings. The van der Waals surface area contributed by atoms with Gasteiger partial charge in [-0.25, -0.2) is 0 Å². The van der Waals surface area contributed by atoms with E-state index in [1.165, 1.54) is 12.1 Å². The van der Waals surface area contributed by atoms with Crippen LogP contribution in [0.4, 0.5) is 0 Å². The molecule has 4 N–H and O–H groups in total. The second-order valence-corrected chi connectivity index (χ2v) is 4.84. The van der Waals surface area contributed by atoms with E-state index in [2.05, 4.69) is 5.32 Å². The average molecular weight is 273 g/mol. The average Bonchev–Trinajstić information content (AvgIpc) is 2.43. The van der Waals surface area contributed by atoms with Crippen LogP contribution < -0.4 is 5.32 Å². The van der Waals surface area contributed by atoms with E-state index in [4.69, 9.17) is 0 Å². The van der Waals surface area contributed by atoms with Crippen molar-refractivity contribution in [3.05, 3.63) is 53.6 Å². The highest BCUT2D eigenvalue weighted by atomic mass is 16.3. The van der Waals surface area contributed by atoms with Crippen molar-refractivity contribution in [2.75, 3.05) is 6.54 Å². The Morgan fingerprint density at radius 1 is 0.950 bits per heavy atom. The van der Waals surface area contributed by atoms with Gasteiger partial charge in [0.1, 0.15) is 17.2 Å². The first-order chi connectivity index (χ1) is 9.56. The molecular weight excluding hydrogens is 254 g/mol. The maximum absolute atomic E-state index is 9.77. The van der Waals surface area contributed by atoms with Crippen molar-refractivity contribution >= 4 is 0 Å². The van der Waals surface area contributed by atoms with Crippen molar-refractivity contribution in [2.45, 2.75) is 19.4 Å². The molecule has 106 valence electrons. The molecule has 0 saturated carbocycles. The molecule has 0 heterocycles. The molecule has 4 nitrogen and oxygen atoms in total. The lowest BCUT2D eigenvalue weighted by Crippen LogP contribution is -2.21. The van der Waals surface area contributed by atoms with Crippen LogP contribution in [0, 0.1) is 0 Å². The number of hydrogen-bond donors (Lipinski definition) is 4. The summed E-state index contributed by atoms with van der Waals surface area (Å²) < 4.78 is 0. The first-order valence-electron chi connectivity index (χ1n) is 6.59. The summed E-state index contributed by atoms with van der Waals surface area (Å²) in [6, 6.07) is 11.6. The molecule has 1 unspecified atom stereocenters. The van der Waals surface area contributed by atoms with Crippen molar-refractivity contribution < 1.29 is 15.3 Å². The lowest BCUT2D eigenvalue weighted by molar-refractivity contribution is 0.441. The maximum Gasteiger partial charge on any atom is 0.120 e. The van der Waals surface area contributed by atoms with Crippen molar-refractivity contribution in [3.8, 4) is 17.2 Å². The quantitative estimate of drug-likeness (QED) is 0.632. The summed E-state index contributed by atoms with van der Waals surface area (Å²) in [4.78, 5) is 0. The molecule has 2 aromatic carbocycles.